The quantitative estimate of drug-likeness (QED) is 0.767. The Bertz CT molecular complexity index is 682. The summed E-state index contributed by atoms with van der Waals surface area (Å²) in [6.45, 7) is 0. The van der Waals surface area contributed by atoms with Gasteiger partial charge in [0.05, 0.1) is 12.1 Å². The second-order valence-electron chi connectivity index (χ2n) is 6.05. The van der Waals surface area contributed by atoms with Crippen LogP contribution in [-0.2, 0) is 16.8 Å². The molecule has 1 saturated carbocycles. The van der Waals surface area contributed by atoms with Gasteiger partial charge in [-0.25, -0.2) is 0 Å². The predicted molar refractivity (Wildman–Crippen MR) is 93.0 cm³/mol. The predicted octanol–water partition coefficient (Wildman–Crippen LogP) is 2.68. The number of benzene rings is 2. The third-order valence-corrected chi connectivity index (χ3v) is 4.34. The van der Waals surface area contributed by atoms with Gasteiger partial charge in [-0.05, 0) is 24.0 Å². The van der Waals surface area contributed by atoms with Crippen molar-refractivity contribution in [2.24, 2.45) is 9.98 Å². The zero-order chi connectivity index (χ0) is 16.8. The van der Waals surface area contributed by atoms with Crippen molar-refractivity contribution >= 4 is 12.4 Å². The van der Waals surface area contributed by atoms with Gasteiger partial charge >= 0.3 is 16.8 Å². The summed E-state index contributed by atoms with van der Waals surface area (Å²) in [5, 5.41) is 23.5. The molecule has 1 aliphatic carbocycles. The van der Waals surface area contributed by atoms with Crippen molar-refractivity contribution in [3.8, 4) is 11.5 Å². The topological polar surface area (TPSA) is 70.8 Å². The fraction of sp³-hybridized carbons (Fsp3) is 0.300. The SMILES string of the molecule is [Co+2].[O-]c1ccccc1C=N[C@H]1CCCC[C@H]1N=Cc1ccccc1[O-]. The van der Waals surface area contributed by atoms with Gasteiger partial charge in [-0.3, -0.25) is 9.98 Å². The first-order valence-electron chi connectivity index (χ1n) is 8.32. The average molecular weight is 379 g/mol. The van der Waals surface area contributed by atoms with Crippen LogP contribution in [0.3, 0.4) is 0 Å². The van der Waals surface area contributed by atoms with Crippen molar-refractivity contribution in [2.45, 2.75) is 37.8 Å². The van der Waals surface area contributed by atoms with Gasteiger partial charge in [-0.15, -0.1) is 11.5 Å². The summed E-state index contributed by atoms with van der Waals surface area (Å²) in [4.78, 5) is 9.23. The second-order valence-corrected chi connectivity index (χ2v) is 6.05. The van der Waals surface area contributed by atoms with E-state index < -0.39 is 0 Å². The summed E-state index contributed by atoms with van der Waals surface area (Å²) >= 11 is 0. The van der Waals surface area contributed by atoms with E-state index in [4.69, 9.17) is 0 Å². The van der Waals surface area contributed by atoms with Crippen LogP contribution in [0.4, 0.5) is 0 Å². The molecule has 1 radical (unpaired) electrons. The molecule has 0 spiro atoms. The van der Waals surface area contributed by atoms with Crippen LogP contribution in [0.2, 0.25) is 0 Å². The van der Waals surface area contributed by atoms with Crippen molar-refractivity contribution in [3.63, 3.8) is 0 Å². The molecule has 0 aromatic heterocycles. The molecule has 0 aliphatic heterocycles. The van der Waals surface area contributed by atoms with Crippen LogP contribution in [-0.4, -0.2) is 24.5 Å². The van der Waals surface area contributed by atoms with E-state index in [0.29, 0.717) is 11.1 Å². The molecule has 0 N–H and O–H groups in total. The van der Waals surface area contributed by atoms with E-state index in [1.165, 1.54) is 0 Å². The zero-order valence-corrected chi connectivity index (χ0v) is 14.8. The summed E-state index contributed by atoms with van der Waals surface area (Å²) in [7, 11) is 0. The summed E-state index contributed by atoms with van der Waals surface area (Å²) in [6.07, 6.45) is 7.48. The van der Waals surface area contributed by atoms with Gasteiger partial charge in [-0.2, -0.15) is 0 Å². The van der Waals surface area contributed by atoms with Crippen LogP contribution in [0.5, 0.6) is 11.5 Å². The molecule has 1 aliphatic rings. The maximum atomic E-state index is 11.8. The zero-order valence-electron chi connectivity index (χ0n) is 13.8. The van der Waals surface area contributed by atoms with Crippen molar-refractivity contribution < 1.29 is 27.0 Å². The Balaban J connectivity index is 0.00000225. The Morgan fingerprint density at radius 2 is 1.12 bits per heavy atom. The Kier molecular flexibility index (Phi) is 7.22. The largest absolute Gasteiger partial charge is 2.00 e. The summed E-state index contributed by atoms with van der Waals surface area (Å²) < 4.78 is 0. The minimum Gasteiger partial charge on any atom is -0.872 e. The fourth-order valence-corrected chi connectivity index (χ4v) is 2.97. The normalized spacial score (nSPS) is 20.6. The first kappa shape index (κ1) is 19.2. The maximum absolute atomic E-state index is 11.8. The van der Waals surface area contributed by atoms with Crippen LogP contribution in [0, 0.1) is 0 Å². The third-order valence-electron chi connectivity index (χ3n) is 4.34. The molecule has 0 amide bonds. The molecule has 3 rings (SSSR count). The summed E-state index contributed by atoms with van der Waals surface area (Å²) in [5.41, 5.74) is 1.21. The van der Waals surface area contributed by atoms with E-state index in [-0.39, 0.29) is 40.4 Å². The van der Waals surface area contributed by atoms with Crippen molar-refractivity contribution in [2.75, 3.05) is 0 Å². The molecule has 131 valence electrons. The van der Waals surface area contributed by atoms with Crippen LogP contribution < -0.4 is 10.2 Å². The number of nitrogens with zero attached hydrogens (tertiary/aromatic N) is 2. The van der Waals surface area contributed by atoms with Crippen LogP contribution in [0.15, 0.2) is 58.5 Å². The van der Waals surface area contributed by atoms with Crippen LogP contribution in [0.25, 0.3) is 0 Å². The average Bonchev–Trinajstić information content (AvgIpc) is 2.61. The Hall–Kier alpha value is -2.11. The molecule has 2 aromatic rings. The number of para-hydroxylation sites is 2. The van der Waals surface area contributed by atoms with Gasteiger partial charge < -0.3 is 10.2 Å². The minimum atomic E-state index is -0.0163. The van der Waals surface area contributed by atoms with E-state index in [2.05, 4.69) is 9.98 Å². The second kappa shape index (κ2) is 9.39. The van der Waals surface area contributed by atoms with Gasteiger partial charge in [-0.1, -0.05) is 61.4 Å². The van der Waals surface area contributed by atoms with Gasteiger partial charge in [0, 0.05) is 12.4 Å². The molecule has 5 heteroatoms. The van der Waals surface area contributed by atoms with E-state index in [9.17, 15) is 10.2 Å². The molecule has 25 heavy (non-hydrogen) atoms. The van der Waals surface area contributed by atoms with Crippen molar-refractivity contribution in [3.05, 3.63) is 59.7 Å². The maximum Gasteiger partial charge on any atom is 2.00 e. The number of rotatable bonds is 4. The van der Waals surface area contributed by atoms with Crippen LogP contribution in [0.1, 0.15) is 36.8 Å². The summed E-state index contributed by atoms with van der Waals surface area (Å²) in [6, 6.07) is 13.9. The van der Waals surface area contributed by atoms with Crippen LogP contribution >= 0.6 is 0 Å². The number of hydrogen-bond acceptors (Lipinski definition) is 4. The molecule has 2 atom stereocenters. The van der Waals surface area contributed by atoms with Gasteiger partial charge in [0.15, 0.2) is 0 Å². The molecule has 2 aromatic carbocycles. The van der Waals surface area contributed by atoms with E-state index in [0.717, 1.165) is 25.7 Å². The Morgan fingerprint density at radius 3 is 1.52 bits per heavy atom. The van der Waals surface area contributed by atoms with Gasteiger partial charge in [0.25, 0.3) is 0 Å². The van der Waals surface area contributed by atoms with Gasteiger partial charge in [0.1, 0.15) is 0 Å². The first-order valence-corrected chi connectivity index (χ1v) is 8.32. The first-order chi connectivity index (χ1) is 11.7. The third kappa shape index (κ3) is 5.18. The van der Waals surface area contributed by atoms with Crippen molar-refractivity contribution in [1.29, 1.82) is 0 Å². The molecule has 0 bridgehead atoms. The van der Waals surface area contributed by atoms with E-state index >= 15 is 0 Å². The smallest absolute Gasteiger partial charge is 0.872 e. The fourth-order valence-electron chi connectivity index (χ4n) is 2.97. The standard InChI is InChI=1S/C20H22N2O2.Co/c23-19-11-5-1-7-15(19)13-21-17-9-3-4-10-18(17)22-14-16-8-2-6-12-20(16)24;/h1-2,5-8,11-14,17-18,23-24H,3-4,9-10H2;/q;+2/p-2/t17-,18+;. The monoisotopic (exact) mass is 379 g/mol. The van der Waals surface area contributed by atoms with E-state index in [1.807, 2.05) is 12.1 Å². The molecule has 0 saturated heterocycles. The van der Waals surface area contributed by atoms with E-state index in [1.54, 1.807) is 48.8 Å². The number of aliphatic imine (C=N–C) groups is 2. The molecular formula is C20H20CoN2O2. The van der Waals surface area contributed by atoms with Gasteiger partial charge in [0.2, 0.25) is 0 Å². The molecule has 0 heterocycles. The molecule has 0 unspecified atom stereocenters. The Labute approximate surface area is 158 Å². The molecule has 4 nitrogen and oxygen atoms in total. The minimum absolute atomic E-state index is 0. The summed E-state index contributed by atoms with van der Waals surface area (Å²) in [5.74, 6) is -0.0326. The van der Waals surface area contributed by atoms with Crippen molar-refractivity contribution in [1.82, 2.24) is 0 Å². The number of hydrogen-bond donors (Lipinski definition) is 0. The Morgan fingerprint density at radius 1 is 0.720 bits per heavy atom. The molecular weight excluding hydrogens is 359 g/mol. The molecule has 1 fully saturated rings.